The summed E-state index contributed by atoms with van der Waals surface area (Å²) in [4.78, 5) is 5.48. The highest BCUT2D eigenvalue weighted by molar-refractivity contribution is 6.06. The van der Waals surface area contributed by atoms with Crippen molar-refractivity contribution in [1.82, 2.24) is 0 Å². The van der Waals surface area contributed by atoms with Crippen molar-refractivity contribution in [3.8, 4) is 44.5 Å². The van der Waals surface area contributed by atoms with Gasteiger partial charge in [0, 0.05) is 12.3 Å². The van der Waals surface area contributed by atoms with Gasteiger partial charge in [-0.3, -0.25) is 4.99 Å². The Morgan fingerprint density at radius 1 is 0.441 bits per heavy atom. The van der Waals surface area contributed by atoms with E-state index in [4.69, 9.17) is 4.99 Å². The van der Waals surface area contributed by atoms with Crippen molar-refractivity contribution in [3.05, 3.63) is 251 Å². The number of hydrogen-bond acceptors (Lipinski definition) is 1. The summed E-state index contributed by atoms with van der Waals surface area (Å²) in [6.45, 7) is 2.29. The van der Waals surface area contributed by atoms with Crippen LogP contribution in [0.5, 0.6) is 0 Å². The summed E-state index contributed by atoms with van der Waals surface area (Å²) < 4.78 is 0. The van der Waals surface area contributed by atoms with E-state index < -0.39 is 0 Å². The van der Waals surface area contributed by atoms with E-state index in [1.165, 1.54) is 77.9 Å². The molecule has 0 radical (unpaired) electrons. The van der Waals surface area contributed by atoms with Crippen LogP contribution >= 0.6 is 0 Å². The van der Waals surface area contributed by atoms with Crippen molar-refractivity contribution in [3.63, 3.8) is 0 Å². The van der Waals surface area contributed by atoms with Crippen molar-refractivity contribution in [2.24, 2.45) is 10.9 Å². The Balaban J connectivity index is 1.02. The number of hydrogen-bond donors (Lipinski definition) is 0. The molecule has 1 heteroatoms. The molecule has 0 amide bonds. The molecule has 0 bridgehead atoms. The van der Waals surface area contributed by atoms with E-state index in [0.29, 0.717) is 0 Å². The van der Waals surface area contributed by atoms with Crippen molar-refractivity contribution in [1.29, 1.82) is 0 Å². The Morgan fingerprint density at radius 3 is 1.63 bits per heavy atom. The Hall–Kier alpha value is -7.09. The molecule has 280 valence electrons. The molecule has 59 heavy (non-hydrogen) atoms. The largest absolute Gasteiger partial charge is 0.252 e. The number of rotatable bonds is 6. The van der Waals surface area contributed by atoms with Gasteiger partial charge in [-0.05, 0) is 102 Å². The number of allylic oxidation sites excluding steroid dienone is 3. The summed E-state index contributed by atoms with van der Waals surface area (Å²) >= 11 is 0. The first kappa shape index (κ1) is 35.1. The molecule has 2 aliphatic carbocycles. The summed E-state index contributed by atoms with van der Waals surface area (Å²) in [7, 11) is 0. The van der Waals surface area contributed by atoms with Crippen LogP contribution in [-0.2, 0) is 5.41 Å². The van der Waals surface area contributed by atoms with Gasteiger partial charge < -0.3 is 0 Å². The monoisotopic (exact) mass is 753 g/mol. The van der Waals surface area contributed by atoms with Gasteiger partial charge in [0.1, 0.15) is 0 Å². The van der Waals surface area contributed by atoms with Gasteiger partial charge in [0.15, 0.2) is 0 Å². The molecular formula is C58H43N. The van der Waals surface area contributed by atoms with Gasteiger partial charge in [-0.15, -0.1) is 0 Å². The minimum Gasteiger partial charge on any atom is -0.252 e. The predicted octanol–water partition coefficient (Wildman–Crippen LogP) is 14.7. The number of aliphatic imine (C=N–C) groups is 1. The van der Waals surface area contributed by atoms with Gasteiger partial charge in [-0.1, -0.05) is 213 Å². The van der Waals surface area contributed by atoms with Gasteiger partial charge in [-0.2, -0.15) is 0 Å². The Morgan fingerprint density at radius 2 is 0.949 bits per heavy atom. The van der Waals surface area contributed by atoms with Crippen LogP contribution in [0.15, 0.2) is 217 Å². The fourth-order valence-electron chi connectivity index (χ4n) is 10.2. The van der Waals surface area contributed by atoms with Gasteiger partial charge in [0.05, 0.1) is 16.8 Å². The molecule has 0 aromatic heterocycles. The van der Waals surface area contributed by atoms with Crippen molar-refractivity contribution >= 4 is 17.0 Å². The fourth-order valence-corrected chi connectivity index (χ4v) is 10.2. The topological polar surface area (TPSA) is 12.4 Å². The zero-order valence-corrected chi connectivity index (χ0v) is 33.1. The standard InChI is InChI=1S/C58H43N/c1-2-39-38-56(42-19-7-4-8-20-42)59-55(36-35-46(39)45-22-15-21-44(37-45)40-17-5-3-6-18-40)43-33-31-41(32-34-43)47-26-16-30-54-57(47)50-25-11-14-29-53(50)58(54)51-27-12-9-23-48(51)49-24-10-13-28-52(49)58/h3-35,37-39H,2,36H2,1H3/b46-35-,56-38-,59-55+. The first-order valence-corrected chi connectivity index (χ1v) is 21.0. The number of fused-ring (bicyclic) bond motifs is 10. The molecule has 0 saturated heterocycles. The summed E-state index contributed by atoms with van der Waals surface area (Å²) in [5.74, 6) is 0.231. The average molecular weight is 754 g/mol. The fraction of sp³-hybridized carbons (Fsp3) is 0.0862. The van der Waals surface area contributed by atoms with E-state index >= 15 is 0 Å². The zero-order chi connectivity index (χ0) is 39.3. The van der Waals surface area contributed by atoms with E-state index in [9.17, 15) is 0 Å². The van der Waals surface area contributed by atoms with Crippen molar-refractivity contribution in [2.75, 3.05) is 0 Å². The highest BCUT2D eigenvalue weighted by Gasteiger charge is 2.51. The number of benzene rings is 8. The summed E-state index contributed by atoms with van der Waals surface area (Å²) in [6, 6.07) is 73.7. The third kappa shape index (κ3) is 5.64. The molecule has 1 nitrogen and oxygen atoms in total. The highest BCUT2D eigenvalue weighted by atomic mass is 14.8. The molecule has 8 aromatic carbocycles. The molecule has 11 rings (SSSR count). The second-order valence-electron chi connectivity index (χ2n) is 16.0. The van der Waals surface area contributed by atoms with Crippen LogP contribution in [0.25, 0.3) is 55.8 Å². The van der Waals surface area contributed by atoms with Crippen LogP contribution < -0.4 is 0 Å². The molecule has 3 aliphatic rings. The normalized spacial score (nSPS) is 18.5. The van der Waals surface area contributed by atoms with E-state index in [-0.39, 0.29) is 11.3 Å². The Bertz CT molecular complexity index is 2940. The van der Waals surface area contributed by atoms with Crippen molar-refractivity contribution < 1.29 is 0 Å². The van der Waals surface area contributed by atoms with E-state index in [1.54, 1.807) is 0 Å². The van der Waals surface area contributed by atoms with E-state index in [2.05, 4.69) is 219 Å². The smallest absolute Gasteiger partial charge is 0.0725 e. The Kier molecular flexibility index (Phi) is 8.56. The molecule has 0 saturated carbocycles. The van der Waals surface area contributed by atoms with Gasteiger partial charge in [-0.25, -0.2) is 0 Å². The SMILES string of the molecule is CCC1/C=C(c2ccccc2)\N=C(\c2ccc(-c3cccc4c3-c3ccccc3C43c4ccccc4-c4ccccc43)cc2)C/C=C/1c1cccc(-c2ccccc2)c1. The van der Waals surface area contributed by atoms with Gasteiger partial charge in [0.25, 0.3) is 0 Å². The molecule has 1 atom stereocenters. The lowest BCUT2D eigenvalue weighted by molar-refractivity contribution is 0.791. The van der Waals surface area contributed by atoms with Crippen LogP contribution in [0.1, 0.15) is 58.7 Å². The molecule has 0 fully saturated rings. The maximum Gasteiger partial charge on any atom is 0.0725 e. The third-order valence-corrected chi connectivity index (χ3v) is 12.9. The lowest BCUT2D eigenvalue weighted by Crippen LogP contribution is -2.25. The summed E-state index contributed by atoms with van der Waals surface area (Å²) in [5, 5.41) is 0. The second-order valence-corrected chi connectivity index (χ2v) is 16.0. The predicted molar refractivity (Wildman–Crippen MR) is 247 cm³/mol. The molecule has 1 spiro atoms. The molecule has 8 aromatic rings. The third-order valence-electron chi connectivity index (χ3n) is 12.9. The van der Waals surface area contributed by atoms with Crippen LogP contribution in [0.2, 0.25) is 0 Å². The van der Waals surface area contributed by atoms with Crippen molar-refractivity contribution in [2.45, 2.75) is 25.2 Å². The average Bonchev–Trinajstić information content (AvgIpc) is 3.78. The lowest BCUT2D eigenvalue weighted by atomic mass is 9.70. The van der Waals surface area contributed by atoms with E-state index in [1.807, 2.05) is 0 Å². The quantitative estimate of drug-likeness (QED) is 0.160. The molecule has 0 N–H and O–H groups in total. The van der Waals surface area contributed by atoms with Gasteiger partial charge >= 0.3 is 0 Å². The summed E-state index contributed by atoms with van der Waals surface area (Å²) in [6.07, 6.45) is 6.55. The molecular weight excluding hydrogens is 711 g/mol. The maximum atomic E-state index is 5.48. The highest BCUT2D eigenvalue weighted by Crippen LogP contribution is 2.63. The Labute approximate surface area is 347 Å². The lowest BCUT2D eigenvalue weighted by Gasteiger charge is -2.30. The van der Waals surface area contributed by atoms with Crippen LogP contribution in [0, 0.1) is 5.92 Å². The molecule has 1 aliphatic heterocycles. The molecule has 1 unspecified atom stereocenters. The van der Waals surface area contributed by atoms with E-state index in [0.717, 1.165) is 35.4 Å². The zero-order valence-electron chi connectivity index (χ0n) is 33.1. The second kappa shape index (κ2) is 14.4. The summed E-state index contributed by atoms with van der Waals surface area (Å²) in [5.41, 5.74) is 22.3. The first-order chi connectivity index (χ1) is 29.2. The van der Waals surface area contributed by atoms with Crippen LogP contribution in [0.4, 0.5) is 0 Å². The minimum absolute atomic E-state index is 0.231. The maximum absolute atomic E-state index is 5.48. The number of nitrogens with zero attached hydrogens (tertiary/aromatic N) is 1. The first-order valence-electron chi connectivity index (χ1n) is 21.0. The van der Waals surface area contributed by atoms with Gasteiger partial charge in [0.2, 0.25) is 0 Å². The molecule has 1 heterocycles. The van der Waals surface area contributed by atoms with Crippen LogP contribution in [0.3, 0.4) is 0 Å². The van der Waals surface area contributed by atoms with Crippen LogP contribution in [-0.4, -0.2) is 5.71 Å². The minimum atomic E-state index is -0.357.